The first-order chi connectivity index (χ1) is 13.0. The third-order valence-corrected chi connectivity index (χ3v) is 3.92. The zero-order valence-corrected chi connectivity index (χ0v) is 15.8. The summed E-state index contributed by atoms with van der Waals surface area (Å²) in [5.41, 5.74) is 3.62. The summed E-state index contributed by atoms with van der Waals surface area (Å²) < 4.78 is 11.1. The minimum atomic E-state index is -0.962. The summed E-state index contributed by atoms with van der Waals surface area (Å²) in [4.78, 5) is 16.1. The van der Waals surface area contributed by atoms with E-state index >= 15 is 0 Å². The van der Waals surface area contributed by atoms with Crippen LogP contribution in [-0.4, -0.2) is 43.2 Å². The molecule has 6 nitrogen and oxygen atoms in total. The summed E-state index contributed by atoms with van der Waals surface area (Å²) in [6.07, 6.45) is -0.535. The summed E-state index contributed by atoms with van der Waals surface area (Å²) >= 11 is 0. The number of aliphatic carboxylic acids is 1. The molecule has 0 fully saturated rings. The second-order valence-corrected chi connectivity index (χ2v) is 6.01. The average molecular weight is 371 g/mol. The molecule has 0 aliphatic rings. The standard InChI is InChI=1S/C21H25NO5/c1-4-26-20(21(23)24)13-16-8-10-18(11-9-16)27-14-19(22-25-3)17-7-5-6-15(2)12-17/h5-12,20H,4,13-14H2,1-3H3,(H,23,24). The second-order valence-electron chi connectivity index (χ2n) is 6.01. The Morgan fingerprint density at radius 2 is 1.93 bits per heavy atom. The van der Waals surface area contributed by atoms with Gasteiger partial charge in [-0.15, -0.1) is 0 Å². The van der Waals surface area contributed by atoms with Gasteiger partial charge in [0.15, 0.2) is 6.10 Å². The van der Waals surface area contributed by atoms with Gasteiger partial charge >= 0.3 is 5.97 Å². The number of carboxylic acid groups (broad SMARTS) is 1. The van der Waals surface area contributed by atoms with Crippen LogP contribution in [0.1, 0.15) is 23.6 Å². The third-order valence-electron chi connectivity index (χ3n) is 3.92. The van der Waals surface area contributed by atoms with Gasteiger partial charge in [0, 0.05) is 18.6 Å². The van der Waals surface area contributed by atoms with E-state index in [4.69, 9.17) is 19.4 Å². The van der Waals surface area contributed by atoms with Crippen LogP contribution in [0.3, 0.4) is 0 Å². The molecule has 0 aromatic heterocycles. The third kappa shape index (κ3) is 6.42. The van der Waals surface area contributed by atoms with Gasteiger partial charge in [-0.1, -0.05) is 41.1 Å². The predicted octanol–water partition coefficient (Wildman–Crippen LogP) is 3.46. The fourth-order valence-electron chi connectivity index (χ4n) is 2.60. The van der Waals surface area contributed by atoms with Gasteiger partial charge in [-0.05, 0) is 37.6 Å². The quantitative estimate of drug-likeness (QED) is 0.511. The Labute approximate surface area is 159 Å². The highest BCUT2D eigenvalue weighted by molar-refractivity contribution is 6.01. The highest BCUT2D eigenvalue weighted by Gasteiger charge is 2.17. The Morgan fingerprint density at radius 3 is 2.52 bits per heavy atom. The summed E-state index contributed by atoms with van der Waals surface area (Å²) in [6, 6.07) is 15.2. The van der Waals surface area contributed by atoms with Crippen molar-refractivity contribution >= 4 is 11.7 Å². The summed E-state index contributed by atoms with van der Waals surface area (Å²) in [5.74, 6) is -0.297. The van der Waals surface area contributed by atoms with Crippen molar-refractivity contribution in [2.24, 2.45) is 5.16 Å². The molecule has 0 aliphatic carbocycles. The van der Waals surface area contributed by atoms with E-state index in [0.29, 0.717) is 24.5 Å². The Morgan fingerprint density at radius 1 is 1.19 bits per heavy atom. The maximum Gasteiger partial charge on any atom is 0.333 e. The van der Waals surface area contributed by atoms with Gasteiger partial charge in [0.1, 0.15) is 25.2 Å². The molecular formula is C21H25NO5. The largest absolute Gasteiger partial charge is 0.487 e. The molecule has 0 radical (unpaired) electrons. The van der Waals surface area contributed by atoms with Crippen LogP contribution in [0.4, 0.5) is 0 Å². The Hall–Kier alpha value is -2.86. The number of hydrogen-bond donors (Lipinski definition) is 1. The lowest BCUT2D eigenvalue weighted by molar-refractivity contribution is -0.149. The Balaban J connectivity index is 2.00. The van der Waals surface area contributed by atoms with Crippen LogP contribution >= 0.6 is 0 Å². The minimum absolute atomic E-state index is 0.257. The zero-order chi connectivity index (χ0) is 19.6. The molecule has 1 N–H and O–H groups in total. The number of rotatable bonds is 10. The van der Waals surface area contributed by atoms with Gasteiger partial charge < -0.3 is 19.4 Å². The Bertz CT molecular complexity index is 770. The number of oxime groups is 1. The van der Waals surface area contributed by atoms with Gasteiger partial charge in [0.05, 0.1) is 0 Å². The monoisotopic (exact) mass is 371 g/mol. The van der Waals surface area contributed by atoms with Gasteiger partial charge in [0.2, 0.25) is 0 Å². The summed E-state index contributed by atoms with van der Waals surface area (Å²) in [5, 5.41) is 13.2. The van der Waals surface area contributed by atoms with Gasteiger partial charge in [-0.25, -0.2) is 4.79 Å². The molecule has 27 heavy (non-hydrogen) atoms. The SMILES string of the molecule is CCOC(Cc1ccc(OCC(=NOC)c2cccc(C)c2)cc1)C(=O)O. The molecule has 2 rings (SSSR count). The van der Waals surface area contributed by atoms with Crippen LogP contribution < -0.4 is 4.74 Å². The van der Waals surface area contributed by atoms with Crippen molar-refractivity contribution in [3.63, 3.8) is 0 Å². The van der Waals surface area contributed by atoms with E-state index in [1.807, 2.05) is 43.3 Å². The molecule has 0 amide bonds. The number of ether oxygens (including phenoxy) is 2. The molecule has 1 unspecified atom stereocenters. The van der Waals surface area contributed by atoms with E-state index in [9.17, 15) is 4.79 Å². The highest BCUT2D eigenvalue weighted by Crippen LogP contribution is 2.16. The van der Waals surface area contributed by atoms with Crippen LogP contribution in [0.15, 0.2) is 53.7 Å². The van der Waals surface area contributed by atoms with Crippen LogP contribution in [0.25, 0.3) is 0 Å². The number of nitrogens with zero attached hydrogens (tertiary/aromatic N) is 1. The molecule has 144 valence electrons. The smallest absolute Gasteiger partial charge is 0.333 e. The molecule has 0 heterocycles. The van der Waals surface area contributed by atoms with E-state index in [1.165, 1.54) is 7.11 Å². The fourth-order valence-corrected chi connectivity index (χ4v) is 2.60. The summed E-state index contributed by atoms with van der Waals surface area (Å²) in [7, 11) is 1.50. The van der Waals surface area contributed by atoms with Crippen molar-refractivity contribution in [3.05, 3.63) is 65.2 Å². The second kappa shape index (κ2) is 10.3. The van der Waals surface area contributed by atoms with Crippen LogP contribution in [-0.2, 0) is 20.8 Å². The van der Waals surface area contributed by atoms with Gasteiger partial charge in [-0.2, -0.15) is 0 Å². The first kappa shape index (κ1) is 20.5. The first-order valence-corrected chi connectivity index (χ1v) is 8.76. The van der Waals surface area contributed by atoms with Crippen LogP contribution in [0, 0.1) is 6.92 Å². The van der Waals surface area contributed by atoms with Crippen molar-refractivity contribution < 1.29 is 24.2 Å². The van der Waals surface area contributed by atoms with E-state index < -0.39 is 12.1 Å². The minimum Gasteiger partial charge on any atom is -0.487 e. The van der Waals surface area contributed by atoms with E-state index in [0.717, 1.165) is 16.7 Å². The molecule has 0 spiro atoms. The molecule has 2 aromatic carbocycles. The zero-order valence-electron chi connectivity index (χ0n) is 15.8. The molecule has 0 bridgehead atoms. The van der Waals surface area contributed by atoms with Crippen molar-refractivity contribution in [2.75, 3.05) is 20.3 Å². The molecule has 1 atom stereocenters. The normalized spacial score (nSPS) is 12.5. The maximum absolute atomic E-state index is 11.2. The summed E-state index contributed by atoms with van der Waals surface area (Å²) in [6.45, 7) is 4.41. The average Bonchev–Trinajstić information content (AvgIpc) is 2.65. The van der Waals surface area contributed by atoms with E-state index in [-0.39, 0.29) is 6.61 Å². The molecule has 2 aromatic rings. The molecular weight excluding hydrogens is 346 g/mol. The first-order valence-electron chi connectivity index (χ1n) is 8.76. The van der Waals surface area contributed by atoms with Gasteiger partial charge in [0.25, 0.3) is 0 Å². The number of benzene rings is 2. The van der Waals surface area contributed by atoms with Crippen molar-refractivity contribution in [3.8, 4) is 5.75 Å². The highest BCUT2D eigenvalue weighted by atomic mass is 16.6. The molecule has 0 saturated carbocycles. The topological polar surface area (TPSA) is 77.3 Å². The number of hydrogen-bond acceptors (Lipinski definition) is 5. The van der Waals surface area contributed by atoms with Crippen LogP contribution in [0.5, 0.6) is 5.75 Å². The van der Waals surface area contributed by atoms with E-state index in [1.54, 1.807) is 19.1 Å². The predicted molar refractivity (Wildman–Crippen MR) is 103 cm³/mol. The molecule has 6 heteroatoms. The van der Waals surface area contributed by atoms with E-state index in [2.05, 4.69) is 5.16 Å². The van der Waals surface area contributed by atoms with Crippen molar-refractivity contribution in [2.45, 2.75) is 26.4 Å². The Kier molecular flexibility index (Phi) is 7.82. The van der Waals surface area contributed by atoms with Crippen LogP contribution in [0.2, 0.25) is 0 Å². The fraction of sp³-hybridized carbons (Fsp3) is 0.333. The number of carbonyl (C=O) groups is 1. The lowest BCUT2D eigenvalue weighted by Crippen LogP contribution is -2.26. The lowest BCUT2D eigenvalue weighted by atomic mass is 10.1. The number of carboxylic acids is 1. The molecule has 0 saturated heterocycles. The molecule has 0 aliphatic heterocycles. The van der Waals surface area contributed by atoms with Crippen molar-refractivity contribution in [1.29, 1.82) is 0 Å². The van der Waals surface area contributed by atoms with Gasteiger partial charge in [-0.3, -0.25) is 0 Å². The number of aryl methyl sites for hydroxylation is 1. The maximum atomic E-state index is 11.2. The lowest BCUT2D eigenvalue weighted by Gasteiger charge is -2.13. The van der Waals surface area contributed by atoms with Crippen molar-refractivity contribution in [1.82, 2.24) is 0 Å².